The Morgan fingerprint density at radius 2 is 2.12 bits per heavy atom. The Hall–Kier alpha value is -1.70. The summed E-state index contributed by atoms with van der Waals surface area (Å²) in [4.78, 5) is 12.3. The lowest BCUT2D eigenvalue weighted by Gasteiger charge is -2.14. The van der Waals surface area contributed by atoms with Gasteiger partial charge in [0.1, 0.15) is 5.82 Å². The molecule has 1 aromatic carbocycles. The van der Waals surface area contributed by atoms with Crippen LogP contribution in [0.1, 0.15) is 16.9 Å². The molecule has 0 saturated carbocycles. The maximum atomic E-state index is 13.0. The van der Waals surface area contributed by atoms with Crippen molar-refractivity contribution in [2.45, 2.75) is 6.42 Å². The van der Waals surface area contributed by atoms with Gasteiger partial charge in [-0.3, -0.25) is 4.79 Å². The van der Waals surface area contributed by atoms with E-state index in [-0.39, 0.29) is 24.1 Å². The first-order valence-corrected chi connectivity index (χ1v) is 8.11. The summed E-state index contributed by atoms with van der Waals surface area (Å²) in [6.07, 6.45) is 4.72. The Morgan fingerprint density at radius 1 is 1.38 bits per heavy atom. The van der Waals surface area contributed by atoms with Gasteiger partial charge in [0.15, 0.2) is 5.69 Å². The standard InChI is InChI=1S/C16H16BrFN4O.ClH/c17-14-10-22(13-3-1-12(18)2-4-13)21-15(14)16(23)20-9-11-5-7-19-8-6-11;/h1-5,10,19H,6-9H2,(H,20,23);1H. The SMILES string of the molecule is Cl.O=C(NCC1=CCNCC1)c1nn(-c2ccc(F)cc2)cc1Br. The van der Waals surface area contributed by atoms with Gasteiger partial charge < -0.3 is 10.6 Å². The fourth-order valence-electron chi connectivity index (χ4n) is 2.34. The molecular formula is C16H17BrClFN4O. The van der Waals surface area contributed by atoms with Gasteiger partial charge >= 0.3 is 0 Å². The Bertz CT molecular complexity index is 745. The van der Waals surface area contributed by atoms with Crippen LogP contribution in [-0.2, 0) is 0 Å². The molecule has 24 heavy (non-hydrogen) atoms. The fourth-order valence-corrected chi connectivity index (χ4v) is 2.79. The Labute approximate surface area is 153 Å². The van der Waals surface area contributed by atoms with E-state index in [9.17, 15) is 9.18 Å². The predicted molar refractivity (Wildman–Crippen MR) is 96.4 cm³/mol. The Balaban J connectivity index is 0.00000208. The highest BCUT2D eigenvalue weighted by molar-refractivity contribution is 9.10. The van der Waals surface area contributed by atoms with Crippen molar-refractivity contribution in [3.63, 3.8) is 0 Å². The van der Waals surface area contributed by atoms with Crippen LogP contribution >= 0.6 is 28.3 Å². The van der Waals surface area contributed by atoms with Gasteiger partial charge in [-0.05, 0) is 53.2 Å². The first-order chi connectivity index (χ1) is 11.1. The number of amides is 1. The summed E-state index contributed by atoms with van der Waals surface area (Å²) in [6, 6.07) is 5.93. The van der Waals surface area contributed by atoms with Gasteiger partial charge in [0.25, 0.3) is 5.91 Å². The van der Waals surface area contributed by atoms with Crippen LogP contribution in [0.5, 0.6) is 0 Å². The number of hydrogen-bond donors (Lipinski definition) is 2. The molecule has 1 amide bonds. The third-order valence-electron chi connectivity index (χ3n) is 3.61. The van der Waals surface area contributed by atoms with Gasteiger partial charge in [-0.15, -0.1) is 12.4 Å². The minimum absolute atomic E-state index is 0. The molecule has 1 aliphatic heterocycles. The zero-order chi connectivity index (χ0) is 16.2. The molecular weight excluding hydrogens is 399 g/mol. The summed E-state index contributed by atoms with van der Waals surface area (Å²) >= 11 is 3.35. The van der Waals surface area contributed by atoms with Crippen LogP contribution in [0.2, 0.25) is 0 Å². The molecule has 0 fully saturated rings. The normalized spacial score (nSPS) is 13.8. The van der Waals surface area contributed by atoms with E-state index in [1.165, 1.54) is 17.7 Å². The fraction of sp³-hybridized carbons (Fsp3) is 0.250. The zero-order valence-electron chi connectivity index (χ0n) is 12.8. The van der Waals surface area contributed by atoms with Crippen LogP contribution in [0.3, 0.4) is 0 Å². The topological polar surface area (TPSA) is 59.0 Å². The van der Waals surface area contributed by atoms with Crippen molar-refractivity contribution >= 4 is 34.2 Å². The molecule has 2 aromatic rings. The lowest BCUT2D eigenvalue weighted by atomic mass is 10.1. The minimum atomic E-state index is -0.312. The molecule has 2 N–H and O–H groups in total. The molecule has 1 aliphatic rings. The molecule has 8 heteroatoms. The molecule has 1 aromatic heterocycles. The van der Waals surface area contributed by atoms with E-state index in [0.29, 0.717) is 22.4 Å². The quantitative estimate of drug-likeness (QED) is 0.755. The molecule has 0 radical (unpaired) electrons. The lowest BCUT2D eigenvalue weighted by Crippen LogP contribution is -2.30. The van der Waals surface area contributed by atoms with E-state index in [4.69, 9.17) is 0 Å². The number of benzene rings is 1. The molecule has 0 unspecified atom stereocenters. The van der Waals surface area contributed by atoms with Gasteiger partial charge in [-0.1, -0.05) is 11.6 Å². The van der Waals surface area contributed by atoms with E-state index >= 15 is 0 Å². The highest BCUT2D eigenvalue weighted by Crippen LogP contribution is 2.18. The van der Waals surface area contributed by atoms with Gasteiger partial charge in [0.05, 0.1) is 10.2 Å². The minimum Gasteiger partial charge on any atom is -0.347 e. The number of carbonyl (C=O) groups excluding carboxylic acids is 1. The number of nitrogens with one attached hydrogen (secondary N) is 2. The number of aromatic nitrogens is 2. The summed E-state index contributed by atoms with van der Waals surface area (Å²) in [5.41, 5.74) is 2.21. The van der Waals surface area contributed by atoms with Crippen molar-refractivity contribution in [1.29, 1.82) is 0 Å². The maximum Gasteiger partial charge on any atom is 0.273 e. The number of nitrogens with zero attached hydrogens (tertiary/aromatic N) is 2. The van der Waals surface area contributed by atoms with E-state index in [1.807, 2.05) is 0 Å². The van der Waals surface area contributed by atoms with Crippen molar-refractivity contribution in [1.82, 2.24) is 20.4 Å². The van der Waals surface area contributed by atoms with E-state index in [2.05, 4.69) is 37.7 Å². The number of halogens is 3. The van der Waals surface area contributed by atoms with Crippen molar-refractivity contribution in [2.75, 3.05) is 19.6 Å². The molecule has 0 atom stereocenters. The summed E-state index contributed by atoms with van der Waals surface area (Å²) in [5, 5.41) is 10.4. The third kappa shape index (κ3) is 4.43. The number of hydrogen-bond acceptors (Lipinski definition) is 3. The summed E-state index contributed by atoms with van der Waals surface area (Å²) in [5.74, 6) is -0.551. The van der Waals surface area contributed by atoms with Crippen LogP contribution in [-0.4, -0.2) is 35.3 Å². The first-order valence-electron chi connectivity index (χ1n) is 7.31. The zero-order valence-corrected chi connectivity index (χ0v) is 15.2. The second-order valence-electron chi connectivity index (χ2n) is 5.25. The average molecular weight is 416 g/mol. The van der Waals surface area contributed by atoms with Crippen molar-refractivity contribution < 1.29 is 9.18 Å². The monoisotopic (exact) mass is 414 g/mol. The highest BCUT2D eigenvalue weighted by Gasteiger charge is 2.16. The molecule has 0 spiro atoms. The summed E-state index contributed by atoms with van der Waals surface area (Å²) < 4.78 is 15.1. The van der Waals surface area contributed by atoms with Gasteiger partial charge in [-0.2, -0.15) is 5.10 Å². The maximum absolute atomic E-state index is 13.0. The Kier molecular flexibility index (Phi) is 6.53. The highest BCUT2D eigenvalue weighted by atomic mass is 79.9. The predicted octanol–water partition coefficient (Wildman–Crippen LogP) is 2.85. The molecule has 5 nitrogen and oxygen atoms in total. The second-order valence-corrected chi connectivity index (χ2v) is 6.10. The van der Waals surface area contributed by atoms with Crippen LogP contribution in [0.4, 0.5) is 4.39 Å². The van der Waals surface area contributed by atoms with Gasteiger partial charge in [0, 0.05) is 19.3 Å². The summed E-state index contributed by atoms with van der Waals surface area (Å²) in [7, 11) is 0. The van der Waals surface area contributed by atoms with Crippen LogP contribution in [0, 0.1) is 5.82 Å². The molecule has 2 heterocycles. The largest absolute Gasteiger partial charge is 0.347 e. The number of rotatable bonds is 4. The molecule has 0 aliphatic carbocycles. The van der Waals surface area contributed by atoms with Crippen LogP contribution in [0.15, 0.2) is 46.6 Å². The molecule has 3 rings (SSSR count). The average Bonchev–Trinajstić information content (AvgIpc) is 2.96. The first kappa shape index (κ1) is 18.6. The second kappa shape index (κ2) is 8.41. The smallest absolute Gasteiger partial charge is 0.273 e. The van der Waals surface area contributed by atoms with E-state index in [0.717, 1.165) is 19.5 Å². The van der Waals surface area contributed by atoms with Crippen molar-refractivity contribution in [2.24, 2.45) is 0 Å². The molecule has 0 saturated heterocycles. The van der Waals surface area contributed by atoms with E-state index < -0.39 is 0 Å². The summed E-state index contributed by atoms with van der Waals surface area (Å²) in [6.45, 7) is 2.30. The van der Waals surface area contributed by atoms with Crippen LogP contribution in [0.25, 0.3) is 5.69 Å². The van der Waals surface area contributed by atoms with Crippen molar-refractivity contribution in [3.8, 4) is 5.69 Å². The molecule has 128 valence electrons. The Morgan fingerprint density at radius 3 is 2.79 bits per heavy atom. The lowest BCUT2D eigenvalue weighted by molar-refractivity contribution is 0.0950. The van der Waals surface area contributed by atoms with Gasteiger partial charge in [-0.25, -0.2) is 9.07 Å². The third-order valence-corrected chi connectivity index (χ3v) is 4.19. The van der Waals surface area contributed by atoms with Gasteiger partial charge in [0.2, 0.25) is 0 Å². The van der Waals surface area contributed by atoms with E-state index in [1.54, 1.807) is 23.0 Å². The van der Waals surface area contributed by atoms with Crippen LogP contribution < -0.4 is 10.6 Å². The molecule has 0 bridgehead atoms. The number of carbonyl (C=O) groups is 1. The van der Waals surface area contributed by atoms with Crippen molar-refractivity contribution in [3.05, 3.63) is 58.1 Å².